The minimum atomic E-state index is -0.320. The summed E-state index contributed by atoms with van der Waals surface area (Å²) in [6, 6.07) is 19.1. The molecule has 0 saturated carbocycles. The van der Waals surface area contributed by atoms with Crippen LogP contribution in [0.2, 0.25) is 0 Å². The topological polar surface area (TPSA) is 49.4 Å². The summed E-state index contributed by atoms with van der Waals surface area (Å²) in [5.74, 6) is -0.604. The van der Waals surface area contributed by atoms with Crippen molar-refractivity contribution < 1.29 is 9.59 Å². The molecule has 26 heavy (non-hydrogen) atoms. The van der Waals surface area contributed by atoms with E-state index < -0.39 is 0 Å². The van der Waals surface area contributed by atoms with Crippen LogP contribution in [0, 0.1) is 0 Å². The molecule has 0 bridgehead atoms. The molecule has 0 spiro atoms. The van der Waals surface area contributed by atoms with Gasteiger partial charge in [0.1, 0.15) is 0 Å². The van der Waals surface area contributed by atoms with Crippen molar-refractivity contribution >= 4 is 46.2 Å². The summed E-state index contributed by atoms with van der Waals surface area (Å²) in [7, 11) is 0. The number of benzene rings is 2. The summed E-state index contributed by atoms with van der Waals surface area (Å²) >= 11 is 6.38. The number of nitrogens with one attached hydrogen (secondary N) is 1. The van der Waals surface area contributed by atoms with Crippen LogP contribution >= 0.6 is 24.0 Å². The Balaban J connectivity index is 1.62. The molecule has 1 aliphatic heterocycles. The Morgan fingerprint density at radius 2 is 1.73 bits per heavy atom. The van der Waals surface area contributed by atoms with Gasteiger partial charge in [-0.15, -0.1) is 0 Å². The lowest BCUT2D eigenvalue weighted by Gasteiger charge is -2.15. The summed E-state index contributed by atoms with van der Waals surface area (Å²) < 4.78 is 0.316. The monoisotopic (exact) mass is 380 g/mol. The van der Waals surface area contributed by atoms with Crippen LogP contribution in [0.5, 0.6) is 0 Å². The molecule has 2 aromatic carbocycles. The van der Waals surface area contributed by atoms with E-state index in [0.29, 0.717) is 9.23 Å². The fourth-order valence-corrected chi connectivity index (χ4v) is 3.47. The molecule has 0 aliphatic carbocycles. The zero-order chi connectivity index (χ0) is 18.4. The number of hydrogen-bond acceptors (Lipinski definition) is 4. The van der Waals surface area contributed by atoms with Gasteiger partial charge < -0.3 is 0 Å². The molecule has 1 heterocycles. The zero-order valence-electron chi connectivity index (χ0n) is 13.8. The average molecular weight is 380 g/mol. The molecule has 0 aromatic heterocycles. The van der Waals surface area contributed by atoms with Crippen molar-refractivity contribution in [1.29, 1.82) is 0 Å². The first-order valence-corrected chi connectivity index (χ1v) is 9.19. The Morgan fingerprint density at radius 3 is 2.42 bits per heavy atom. The molecule has 1 fully saturated rings. The molecular weight excluding hydrogens is 364 g/mol. The van der Waals surface area contributed by atoms with Crippen LogP contribution in [0.25, 0.3) is 6.08 Å². The highest BCUT2D eigenvalue weighted by molar-refractivity contribution is 8.26. The van der Waals surface area contributed by atoms with Crippen molar-refractivity contribution in [2.75, 3.05) is 0 Å². The standard InChI is InChI=1S/C20H16N2O2S2/c23-18(14-16-10-5-2-6-11-16)21-22-19(24)17(26-20(22)25)13-7-12-15-8-3-1-4-9-15/h1-13H,14H2,(H,21,23)/b12-7+,17-13-. The highest BCUT2D eigenvalue weighted by Gasteiger charge is 2.33. The number of hydrazine groups is 1. The van der Waals surface area contributed by atoms with Crippen molar-refractivity contribution in [2.24, 2.45) is 0 Å². The Bertz CT molecular complexity index is 877. The van der Waals surface area contributed by atoms with Crippen LogP contribution in [0.1, 0.15) is 11.1 Å². The number of hydrogen-bond donors (Lipinski definition) is 1. The molecule has 2 aromatic rings. The molecule has 6 heteroatoms. The van der Waals surface area contributed by atoms with Crippen molar-refractivity contribution in [3.8, 4) is 0 Å². The highest BCUT2D eigenvalue weighted by atomic mass is 32.2. The molecule has 0 atom stereocenters. The number of carbonyl (C=O) groups is 2. The molecule has 4 nitrogen and oxygen atoms in total. The molecule has 1 saturated heterocycles. The first-order chi connectivity index (χ1) is 12.6. The van der Waals surface area contributed by atoms with Gasteiger partial charge >= 0.3 is 0 Å². The van der Waals surface area contributed by atoms with Crippen molar-refractivity contribution in [3.05, 3.63) is 88.8 Å². The van der Waals surface area contributed by atoms with E-state index in [1.165, 1.54) is 11.8 Å². The Kier molecular flexibility index (Phi) is 5.99. The Labute approximate surface area is 161 Å². The predicted molar refractivity (Wildman–Crippen MR) is 109 cm³/mol. The fraction of sp³-hybridized carbons (Fsp3) is 0.0500. The van der Waals surface area contributed by atoms with Crippen LogP contribution in [0.3, 0.4) is 0 Å². The summed E-state index contributed by atoms with van der Waals surface area (Å²) in [6.45, 7) is 0. The van der Waals surface area contributed by atoms with Crippen LogP contribution in [0.4, 0.5) is 0 Å². The second-order valence-electron chi connectivity index (χ2n) is 5.51. The number of amides is 2. The van der Waals surface area contributed by atoms with Gasteiger partial charge in [0.05, 0.1) is 11.3 Å². The van der Waals surface area contributed by atoms with Gasteiger partial charge in [-0.3, -0.25) is 15.0 Å². The summed E-state index contributed by atoms with van der Waals surface area (Å²) in [5.41, 5.74) is 4.49. The smallest absolute Gasteiger partial charge is 0.273 e. The fourth-order valence-electron chi connectivity index (χ4n) is 2.33. The third-order valence-corrected chi connectivity index (χ3v) is 4.89. The van der Waals surface area contributed by atoms with Gasteiger partial charge in [0.25, 0.3) is 5.91 Å². The Morgan fingerprint density at radius 1 is 1.08 bits per heavy atom. The summed E-state index contributed by atoms with van der Waals surface area (Å²) in [4.78, 5) is 25.1. The molecular formula is C20H16N2O2S2. The molecule has 130 valence electrons. The lowest BCUT2D eigenvalue weighted by molar-refractivity contribution is -0.132. The first kappa shape index (κ1) is 18.1. The molecule has 0 unspecified atom stereocenters. The quantitative estimate of drug-likeness (QED) is 0.634. The maximum absolute atomic E-state index is 12.4. The van der Waals surface area contributed by atoms with Crippen molar-refractivity contribution in [3.63, 3.8) is 0 Å². The van der Waals surface area contributed by atoms with Gasteiger partial charge in [0.2, 0.25) is 5.91 Å². The number of nitrogens with zero attached hydrogens (tertiary/aromatic N) is 1. The SMILES string of the molecule is O=C(Cc1ccccc1)NN1C(=O)/C(=C/C=C/c2ccccc2)SC1=S. The van der Waals surface area contributed by atoms with Gasteiger partial charge in [-0.1, -0.05) is 84.6 Å². The number of allylic oxidation sites excluding steroid dienone is 2. The van der Waals surface area contributed by atoms with Crippen molar-refractivity contribution in [1.82, 2.24) is 10.4 Å². The largest absolute Gasteiger partial charge is 0.285 e. The molecule has 1 N–H and O–H groups in total. The second-order valence-corrected chi connectivity index (χ2v) is 7.18. The number of rotatable bonds is 5. The van der Waals surface area contributed by atoms with E-state index >= 15 is 0 Å². The lowest BCUT2D eigenvalue weighted by Crippen LogP contribution is -2.45. The van der Waals surface area contributed by atoms with Crippen LogP contribution in [-0.4, -0.2) is 21.1 Å². The van der Waals surface area contributed by atoms with Gasteiger partial charge in [-0.2, -0.15) is 5.01 Å². The van der Waals surface area contributed by atoms with Gasteiger partial charge in [-0.05, 0) is 29.4 Å². The Hall–Kier alpha value is -2.70. The normalized spacial score (nSPS) is 15.8. The average Bonchev–Trinajstić information content (AvgIpc) is 2.91. The van der Waals surface area contributed by atoms with E-state index in [-0.39, 0.29) is 18.2 Å². The van der Waals surface area contributed by atoms with E-state index in [9.17, 15) is 9.59 Å². The predicted octanol–water partition coefficient (Wildman–Crippen LogP) is 3.72. The van der Waals surface area contributed by atoms with Crippen LogP contribution in [0.15, 0.2) is 77.7 Å². The number of thioether (sulfide) groups is 1. The van der Waals surface area contributed by atoms with Crippen LogP contribution in [-0.2, 0) is 16.0 Å². The third-order valence-electron chi connectivity index (χ3n) is 3.57. The van der Waals surface area contributed by atoms with Gasteiger partial charge in [0.15, 0.2) is 4.32 Å². The van der Waals surface area contributed by atoms with Gasteiger partial charge in [-0.25, -0.2) is 0 Å². The maximum atomic E-state index is 12.4. The summed E-state index contributed by atoms with van der Waals surface area (Å²) in [5, 5.41) is 1.13. The van der Waals surface area contributed by atoms with E-state index in [0.717, 1.165) is 16.1 Å². The molecule has 3 rings (SSSR count). The van der Waals surface area contributed by atoms with E-state index in [4.69, 9.17) is 12.2 Å². The van der Waals surface area contributed by atoms with E-state index in [1.54, 1.807) is 12.2 Å². The van der Waals surface area contributed by atoms with Gasteiger partial charge in [0, 0.05) is 0 Å². The maximum Gasteiger partial charge on any atom is 0.285 e. The first-order valence-electron chi connectivity index (χ1n) is 7.96. The second kappa shape index (κ2) is 8.60. The minimum absolute atomic E-state index is 0.185. The zero-order valence-corrected chi connectivity index (χ0v) is 15.4. The molecule has 1 aliphatic rings. The summed E-state index contributed by atoms with van der Waals surface area (Å²) in [6.07, 6.45) is 5.59. The lowest BCUT2D eigenvalue weighted by atomic mass is 10.1. The number of carbonyl (C=O) groups excluding carboxylic acids is 2. The van der Waals surface area contributed by atoms with Crippen LogP contribution < -0.4 is 5.43 Å². The minimum Gasteiger partial charge on any atom is -0.273 e. The highest BCUT2D eigenvalue weighted by Crippen LogP contribution is 2.29. The third kappa shape index (κ3) is 4.68. The van der Waals surface area contributed by atoms with E-state index in [2.05, 4.69) is 5.43 Å². The van der Waals surface area contributed by atoms with Crippen molar-refractivity contribution in [2.45, 2.75) is 6.42 Å². The molecule has 0 radical (unpaired) electrons. The van der Waals surface area contributed by atoms with E-state index in [1.807, 2.05) is 66.7 Å². The number of thiocarbonyl (C=S) groups is 1. The molecule has 2 amide bonds.